The summed E-state index contributed by atoms with van der Waals surface area (Å²) in [6.45, 7) is 1.89. The molecule has 0 aliphatic carbocycles. The number of aryl methyl sites for hydroxylation is 1. The normalized spacial score (nSPS) is 9.70. The highest BCUT2D eigenvalue weighted by Crippen LogP contribution is 2.06. The van der Waals surface area contributed by atoms with Crippen molar-refractivity contribution in [3.63, 3.8) is 0 Å². The van der Waals surface area contributed by atoms with Crippen LogP contribution in [0, 0.1) is 0 Å². The minimum absolute atomic E-state index is 0.108. The van der Waals surface area contributed by atoms with Crippen molar-refractivity contribution in [2.75, 3.05) is 0 Å². The molecule has 0 spiro atoms. The van der Waals surface area contributed by atoms with Gasteiger partial charge in [-0.25, -0.2) is 0 Å². The Morgan fingerprint density at radius 1 is 1.80 bits per heavy atom. The molecule has 1 heterocycles. The Labute approximate surface area is 58.3 Å². The molecule has 1 rings (SSSR count). The predicted octanol–water partition coefficient (Wildman–Crippen LogP) is 0.205. The van der Waals surface area contributed by atoms with Crippen molar-refractivity contribution >= 4 is 5.97 Å². The fraction of sp³-hybridized carbons (Fsp3) is 0.286. The average Bonchev–Trinajstić information content (AvgIpc) is 2.34. The molecule has 0 saturated heterocycles. The zero-order chi connectivity index (χ0) is 7.56. The third kappa shape index (κ3) is 1.18. The van der Waals surface area contributed by atoms with Crippen molar-refractivity contribution in [2.24, 2.45) is 0 Å². The van der Waals surface area contributed by atoms with Crippen LogP contribution in [0.5, 0.6) is 0 Å². The zero-order valence-corrected chi connectivity index (χ0v) is 5.59. The molecule has 1 aromatic rings. The summed E-state index contributed by atoms with van der Waals surface area (Å²) in [5, 5.41) is 10.2. The third-order valence-electron chi connectivity index (χ3n) is 1.24. The Hall–Kier alpha value is -1.25. The lowest BCUT2D eigenvalue weighted by Crippen LogP contribution is -2.21. The molecule has 0 radical (unpaired) electrons. The molecule has 3 nitrogen and oxygen atoms in total. The summed E-state index contributed by atoms with van der Waals surface area (Å²) < 4.78 is 4.85. The number of hydrogen-bond donors (Lipinski definition) is 0. The Morgan fingerprint density at radius 2 is 2.50 bits per heavy atom. The number of aromatic carboxylic acids is 1. The number of carboxylic acid groups (broad SMARTS) is 1. The van der Waals surface area contributed by atoms with Gasteiger partial charge in [0.1, 0.15) is 5.76 Å². The molecular weight excluding hydrogens is 132 g/mol. The summed E-state index contributed by atoms with van der Waals surface area (Å²) in [6, 6.07) is 1.47. The van der Waals surface area contributed by atoms with Gasteiger partial charge in [0.25, 0.3) is 0 Å². The summed E-state index contributed by atoms with van der Waals surface area (Å²) in [5.41, 5.74) is 0.108. The number of rotatable bonds is 2. The minimum atomic E-state index is -1.19. The van der Waals surface area contributed by atoms with E-state index in [1.807, 2.05) is 6.92 Å². The van der Waals surface area contributed by atoms with Crippen LogP contribution in [-0.4, -0.2) is 5.97 Å². The van der Waals surface area contributed by atoms with E-state index in [1.54, 1.807) is 0 Å². The van der Waals surface area contributed by atoms with Crippen molar-refractivity contribution in [3.8, 4) is 0 Å². The van der Waals surface area contributed by atoms with E-state index in [0.717, 1.165) is 0 Å². The van der Waals surface area contributed by atoms with E-state index >= 15 is 0 Å². The fourth-order valence-electron chi connectivity index (χ4n) is 0.673. The summed E-state index contributed by atoms with van der Waals surface area (Å²) >= 11 is 0. The molecule has 0 atom stereocenters. The molecular formula is C7H7O3-. The van der Waals surface area contributed by atoms with Crippen LogP contribution in [-0.2, 0) is 6.42 Å². The molecule has 54 valence electrons. The topological polar surface area (TPSA) is 53.3 Å². The molecule has 0 N–H and O–H groups in total. The second-order valence-corrected chi connectivity index (χ2v) is 1.94. The van der Waals surface area contributed by atoms with E-state index in [2.05, 4.69) is 0 Å². The lowest BCUT2D eigenvalue weighted by molar-refractivity contribution is -0.255. The monoisotopic (exact) mass is 139 g/mol. The second-order valence-electron chi connectivity index (χ2n) is 1.94. The van der Waals surface area contributed by atoms with Gasteiger partial charge in [0.2, 0.25) is 0 Å². The first-order chi connectivity index (χ1) is 4.74. The van der Waals surface area contributed by atoms with Gasteiger partial charge < -0.3 is 14.3 Å². The van der Waals surface area contributed by atoms with Gasteiger partial charge in [-0.3, -0.25) is 0 Å². The van der Waals surface area contributed by atoms with E-state index in [0.29, 0.717) is 12.2 Å². The zero-order valence-electron chi connectivity index (χ0n) is 5.59. The average molecular weight is 139 g/mol. The summed E-state index contributed by atoms with van der Waals surface area (Å²) in [4.78, 5) is 10.2. The smallest absolute Gasteiger partial charge is 0.104 e. The predicted molar refractivity (Wildman–Crippen MR) is 32.4 cm³/mol. The van der Waals surface area contributed by atoms with Crippen molar-refractivity contribution in [3.05, 3.63) is 23.7 Å². The molecule has 3 heteroatoms. The number of carboxylic acids is 1. The van der Waals surface area contributed by atoms with Gasteiger partial charge in [-0.05, 0) is 6.07 Å². The molecule has 10 heavy (non-hydrogen) atoms. The van der Waals surface area contributed by atoms with Crippen LogP contribution in [0.1, 0.15) is 23.0 Å². The van der Waals surface area contributed by atoms with Gasteiger partial charge in [-0.2, -0.15) is 0 Å². The van der Waals surface area contributed by atoms with Crippen LogP contribution in [0.2, 0.25) is 0 Å². The minimum Gasteiger partial charge on any atom is -0.545 e. The van der Waals surface area contributed by atoms with Gasteiger partial charge in [0.15, 0.2) is 0 Å². The highest BCUT2D eigenvalue weighted by molar-refractivity contribution is 5.85. The maximum Gasteiger partial charge on any atom is 0.104 e. The van der Waals surface area contributed by atoms with Crippen LogP contribution < -0.4 is 5.11 Å². The van der Waals surface area contributed by atoms with Gasteiger partial charge >= 0.3 is 0 Å². The van der Waals surface area contributed by atoms with Crippen LogP contribution >= 0.6 is 0 Å². The molecule has 0 unspecified atom stereocenters. The first-order valence-electron chi connectivity index (χ1n) is 3.02. The standard InChI is InChI=1S/C7H8O3/c1-2-6-3-5(4-10-6)7(8)9/h3-4H,2H2,1H3,(H,8,9)/p-1. The highest BCUT2D eigenvalue weighted by atomic mass is 16.4. The number of furan rings is 1. The maximum absolute atomic E-state index is 10.2. The van der Waals surface area contributed by atoms with E-state index < -0.39 is 5.97 Å². The summed E-state index contributed by atoms with van der Waals surface area (Å²) in [5.74, 6) is -0.525. The van der Waals surface area contributed by atoms with Crippen molar-refractivity contribution < 1.29 is 14.3 Å². The summed E-state index contributed by atoms with van der Waals surface area (Å²) in [7, 11) is 0. The summed E-state index contributed by atoms with van der Waals surface area (Å²) in [6.07, 6.45) is 1.89. The Bertz CT molecular complexity index is 237. The quantitative estimate of drug-likeness (QED) is 0.588. The van der Waals surface area contributed by atoms with E-state index in [-0.39, 0.29) is 5.56 Å². The van der Waals surface area contributed by atoms with E-state index in [9.17, 15) is 9.90 Å². The first-order valence-corrected chi connectivity index (χ1v) is 3.02. The molecule has 0 aliphatic rings. The third-order valence-corrected chi connectivity index (χ3v) is 1.24. The number of carbonyl (C=O) groups is 1. The van der Waals surface area contributed by atoms with Gasteiger partial charge in [0, 0.05) is 12.0 Å². The SMILES string of the molecule is CCc1cc(C(=O)[O-])co1. The number of hydrogen-bond acceptors (Lipinski definition) is 3. The number of carbonyl (C=O) groups excluding carboxylic acids is 1. The Balaban J connectivity index is 2.88. The van der Waals surface area contributed by atoms with Crippen LogP contribution in [0.25, 0.3) is 0 Å². The molecule has 0 aromatic carbocycles. The van der Waals surface area contributed by atoms with Crippen LogP contribution in [0.4, 0.5) is 0 Å². The van der Waals surface area contributed by atoms with E-state index in [4.69, 9.17) is 4.42 Å². The molecule has 0 aliphatic heterocycles. The maximum atomic E-state index is 10.2. The van der Waals surface area contributed by atoms with Crippen molar-refractivity contribution in [1.29, 1.82) is 0 Å². The fourth-order valence-corrected chi connectivity index (χ4v) is 0.673. The Morgan fingerprint density at radius 3 is 2.80 bits per heavy atom. The largest absolute Gasteiger partial charge is 0.545 e. The van der Waals surface area contributed by atoms with Crippen LogP contribution in [0.3, 0.4) is 0 Å². The van der Waals surface area contributed by atoms with Gasteiger partial charge in [-0.1, -0.05) is 6.92 Å². The lowest BCUT2D eigenvalue weighted by Gasteiger charge is -1.91. The van der Waals surface area contributed by atoms with E-state index in [1.165, 1.54) is 12.3 Å². The highest BCUT2D eigenvalue weighted by Gasteiger charge is 1.98. The Kier molecular flexibility index (Phi) is 1.76. The molecule has 0 amide bonds. The molecule has 0 fully saturated rings. The molecule has 0 saturated carbocycles. The first kappa shape index (κ1) is 6.86. The molecule has 0 bridgehead atoms. The second kappa shape index (κ2) is 2.56. The van der Waals surface area contributed by atoms with Gasteiger partial charge in [-0.15, -0.1) is 0 Å². The van der Waals surface area contributed by atoms with Crippen molar-refractivity contribution in [2.45, 2.75) is 13.3 Å². The lowest BCUT2D eigenvalue weighted by atomic mass is 10.3. The molecule has 1 aromatic heterocycles. The van der Waals surface area contributed by atoms with Gasteiger partial charge in [0.05, 0.1) is 12.2 Å². The van der Waals surface area contributed by atoms with Crippen molar-refractivity contribution in [1.82, 2.24) is 0 Å². The van der Waals surface area contributed by atoms with Crippen LogP contribution in [0.15, 0.2) is 16.7 Å².